The molecule has 0 fully saturated rings. The summed E-state index contributed by atoms with van der Waals surface area (Å²) in [5, 5.41) is 0.492. The summed E-state index contributed by atoms with van der Waals surface area (Å²) in [6.45, 7) is 0. The van der Waals surface area contributed by atoms with Crippen LogP contribution in [0, 0.1) is 0 Å². The summed E-state index contributed by atoms with van der Waals surface area (Å²) in [5.74, 6) is 0.964. The molecule has 0 N–H and O–H groups in total. The van der Waals surface area contributed by atoms with Gasteiger partial charge in [-0.1, -0.05) is 0 Å². The molecule has 3 aromatic carbocycles. The lowest BCUT2D eigenvalue weighted by molar-refractivity contribution is 0.399. The molecule has 3 rings (SSSR count). The van der Waals surface area contributed by atoms with E-state index in [2.05, 4.69) is 0 Å². The second-order valence-corrected chi connectivity index (χ2v) is 9.74. The predicted octanol–water partition coefficient (Wildman–Crippen LogP) is 4.86. The van der Waals surface area contributed by atoms with Crippen molar-refractivity contribution in [3.8, 4) is 11.5 Å². The lowest BCUT2D eigenvalue weighted by Crippen LogP contribution is -2.16. The van der Waals surface area contributed by atoms with Crippen LogP contribution in [0.3, 0.4) is 0 Å². The van der Waals surface area contributed by atoms with E-state index in [-0.39, 0.29) is 0 Å². The average Bonchev–Trinajstić information content (AvgIpc) is 2.74. The molecule has 3 aromatic rings. The highest BCUT2D eigenvalue weighted by Gasteiger charge is 2.31. The van der Waals surface area contributed by atoms with Gasteiger partial charge in [0.1, 0.15) is 11.5 Å². The number of anilines is 3. The van der Waals surface area contributed by atoms with Gasteiger partial charge in [0.05, 0.1) is 5.30 Å². The third-order valence-corrected chi connectivity index (χ3v) is 6.67. The Kier molecular flexibility index (Phi) is 6.81. The Hall–Kier alpha value is -3.11. The second-order valence-electron chi connectivity index (χ2n) is 7.87. The molecule has 0 unspecified atom stereocenters. The Balaban J connectivity index is 1.94. The van der Waals surface area contributed by atoms with E-state index in [1.165, 1.54) is 0 Å². The van der Waals surface area contributed by atoms with Crippen molar-refractivity contribution in [2.75, 3.05) is 57.0 Å². The molecule has 0 aliphatic heterocycles. The zero-order chi connectivity index (χ0) is 22.6. The lowest BCUT2D eigenvalue weighted by Gasteiger charge is -2.22. The molecule has 0 amide bonds. The number of hydrogen-bond acceptors (Lipinski definition) is 6. The van der Waals surface area contributed by atoms with Gasteiger partial charge in [0, 0.05) is 59.3 Å². The van der Waals surface area contributed by atoms with Crippen molar-refractivity contribution in [3.05, 3.63) is 72.8 Å². The highest BCUT2D eigenvalue weighted by Crippen LogP contribution is 2.48. The van der Waals surface area contributed by atoms with Gasteiger partial charge in [0.25, 0.3) is 0 Å². The van der Waals surface area contributed by atoms with Gasteiger partial charge in [-0.25, -0.2) is 4.57 Å². The molecule has 7 heteroatoms. The monoisotopic (exact) mass is 439 g/mol. The van der Waals surface area contributed by atoms with Crippen molar-refractivity contribution >= 4 is 30.0 Å². The third-order valence-electron chi connectivity index (χ3n) is 4.84. The number of benzene rings is 3. The summed E-state index contributed by atoms with van der Waals surface area (Å²) in [4.78, 5) is 5.97. The minimum absolute atomic E-state index is 0.482. The fourth-order valence-corrected chi connectivity index (χ4v) is 4.51. The largest absolute Gasteiger partial charge is 0.462 e. The maximum Gasteiger partial charge on any atom is 0.462 e. The molecule has 0 atom stereocenters. The standard InChI is InChI=1S/C24H30N3O3P/c1-25(2)19-7-13-22(14-8-19)29-31(28,24-17-11-21(12-18-24)27(5)6)30-23-15-9-20(10-16-23)26(3)4/h7-18H,1-6H3. The minimum Gasteiger partial charge on any atom is -0.413 e. The zero-order valence-corrected chi connectivity index (χ0v) is 19.8. The Morgan fingerprint density at radius 3 is 1.10 bits per heavy atom. The summed E-state index contributed by atoms with van der Waals surface area (Å²) in [5.41, 5.74) is 3.05. The van der Waals surface area contributed by atoms with Gasteiger partial charge < -0.3 is 23.7 Å². The Labute approximate surface area is 185 Å². The molecule has 0 aromatic heterocycles. The lowest BCUT2D eigenvalue weighted by atomic mass is 10.3. The van der Waals surface area contributed by atoms with Gasteiger partial charge in [-0.2, -0.15) is 0 Å². The third kappa shape index (κ3) is 5.53. The molecule has 164 valence electrons. The van der Waals surface area contributed by atoms with Crippen LogP contribution in [-0.2, 0) is 4.57 Å². The fourth-order valence-electron chi connectivity index (χ4n) is 2.95. The topological polar surface area (TPSA) is 45.2 Å². The average molecular weight is 439 g/mol. The van der Waals surface area contributed by atoms with Crippen molar-refractivity contribution in [1.29, 1.82) is 0 Å². The molecule has 0 radical (unpaired) electrons. The first-order valence-electron chi connectivity index (χ1n) is 10.00. The van der Waals surface area contributed by atoms with Crippen molar-refractivity contribution in [2.45, 2.75) is 0 Å². The molecule has 0 spiro atoms. The summed E-state index contributed by atoms with van der Waals surface area (Å²) in [6.07, 6.45) is 0. The van der Waals surface area contributed by atoms with Crippen LogP contribution in [0.5, 0.6) is 11.5 Å². The molecular weight excluding hydrogens is 409 g/mol. The van der Waals surface area contributed by atoms with E-state index in [1.807, 2.05) is 93.4 Å². The Morgan fingerprint density at radius 2 is 0.806 bits per heavy atom. The normalized spacial score (nSPS) is 11.0. The minimum atomic E-state index is -3.69. The van der Waals surface area contributed by atoms with Crippen LogP contribution >= 0.6 is 7.60 Å². The summed E-state index contributed by atoms with van der Waals surface area (Å²) in [6, 6.07) is 22.3. The first-order valence-corrected chi connectivity index (χ1v) is 11.5. The molecule has 0 aliphatic carbocycles. The van der Waals surface area contributed by atoms with E-state index >= 15 is 0 Å². The molecule has 0 bridgehead atoms. The van der Waals surface area contributed by atoms with Gasteiger partial charge in [-0.3, -0.25) is 0 Å². The predicted molar refractivity (Wildman–Crippen MR) is 131 cm³/mol. The van der Waals surface area contributed by atoms with Crippen LogP contribution in [0.15, 0.2) is 72.8 Å². The smallest absolute Gasteiger partial charge is 0.413 e. The number of hydrogen-bond donors (Lipinski definition) is 0. The van der Waals surface area contributed by atoms with E-state index in [0.29, 0.717) is 16.8 Å². The summed E-state index contributed by atoms with van der Waals surface area (Å²) in [7, 11) is 8.09. The highest BCUT2D eigenvalue weighted by molar-refractivity contribution is 7.63. The van der Waals surface area contributed by atoms with Gasteiger partial charge >= 0.3 is 7.60 Å². The van der Waals surface area contributed by atoms with Crippen LogP contribution in [0.25, 0.3) is 0 Å². The maximum absolute atomic E-state index is 14.0. The van der Waals surface area contributed by atoms with E-state index in [9.17, 15) is 4.57 Å². The van der Waals surface area contributed by atoms with E-state index < -0.39 is 7.60 Å². The zero-order valence-electron chi connectivity index (χ0n) is 18.9. The van der Waals surface area contributed by atoms with Gasteiger partial charge in [0.15, 0.2) is 0 Å². The number of rotatable bonds is 8. The van der Waals surface area contributed by atoms with E-state index in [0.717, 1.165) is 17.1 Å². The van der Waals surface area contributed by atoms with Gasteiger partial charge in [-0.15, -0.1) is 0 Å². The Morgan fingerprint density at radius 1 is 0.516 bits per heavy atom. The van der Waals surface area contributed by atoms with Crippen molar-refractivity contribution in [1.82, 2.24) is 0 Å². The van der Waals surface area contributed by atoms with Crippen LogP contribution < -0.4 is 29.1 Å². The molecular formula is C24H30N3O3P. The van der Waals surface area contributed by atoms with Crippen molar-refractivity contribution < 1.29 is 13.6 Å². The van der Waals surface area contributed by atoms with E-state index in [1.54, 1.807) is 36.4 Å². The molecule has 0 saturated heterocycles. The molecule has 31 heavy (non-hydrogen) atoms. The van der Waals surface area contributed by atoms with Crippen LogP contribution in [-0.4, -0.2) is 42.3 Å². The molecule has 6 nitrogen and oxygen atoms in total. The van der Waals surface area contributed by atoms with Crippen LogP contribution in [0.2, 0.25) is 0 Å². The fraction of sp³-hybridized carbons (Fsp3) is 0.250. The van der Waals surface area contributed by atoms with Gasteiger partial charge in [0.2, 0.25) is 0 Å². The molecule has 0 aliphatic rings. The molecule has 0 saturated carbocycles. The van der Waals surface area contributed by atoms with Crippen LogP contribution in [0.1, 0.15) is 0 Å². The quantitative estimate of drug-likeness (QED) is 0.467. The van der Waals surface area contributed by atoms with E-state index in [4.69, 9.17) is 9.05 Å². The van der Waals surface area contributed by atoms with Crippen molar-refractivity contribution in [3.63, 3.8) is 0 Å². The van der Waals surface area contributed by atoms with Gasteiger partial charge in [-0.05, 0) is 72.8 Å². The van der Waals surface area contributed by atoms with Crippen molar-refractivity contribution in [2.24, 2.45) is 0 Å². The molecule has 0 heterocycles. The second kappa shape index (κ2) is 9.36. The van der Waals surface area contributed by atoms with Crippen LogP contribution in [0.4, 0.5) is 17.1 Å². The summed E-state index contributed by atoms with van der Waals surface area (Å²) < 4.78 is 26.0. The first kappa shape index (κ1) is 22.6. The number of nitrogens with zero attached hydrogens (tertiary/aromatic N) is 3. The summed E-state index contributed by atoms with van der Waals surface area (Å²) >= 11 is 0. The SMILES string of the molecule is CN(C)c1ccc(OP(=O)(Oc2ccc(N(C)C)cc2)c2ccc(N(C)C)cc2)cc1. The maximum atomic E-state index is 14.0. The highest BCUT2D eigenvalue weighted by atomic mass is 31.2. The first-order chi connectivity index (χ1) is 14.7. The Bertz CT molecular complexity index is 974.